The highest BCUT2D eigenvalue weighted by Crippen LogP contribution is 2.29. The van der Waals surface area contributed by atoms with Crippen LogP contribution in [0.25, 0.3) is 5.52 Å². The molecule has 0 fully saturated rings. The van der Waals surface area contributed by atoms with Crippen LogP contribution in [0, 0.1) is 0 Å². The third-order valence-electron chi connectivity index (χ3n) is 3.33. The Bertz CT molecular complexity index is 826. The van der Waals surface area contributed by atoms with Crippen molar-refractivity contribution < 1.29 is 14.3 Å². The summed E-state index contributed by atoms with van der Waals surface area (Å²) < 4.78 is 12.1. The van der Waals surface area contributed by atoms with Crippen molar-refractivity contribution in [2.45, 2.75) is 0 Å². The van der Waals surface area contributed by atoms with E-state index in [1.807, 2.05) is 18.2 Å². The van der Waals surface area contributed by atoms with Gasteiger partial charge in [0, 0.05) is 12.3 Å². The minimum absolute atomic E-state index is 0.246. The van der Waals surface area contributed by atoms with Gasteiger partial charge in [0.1, 0.15) is 11.5 Å². The maximum atomic E-state index is 12.5. The van der Waals surface area contributed by atoms with Crippen LogP contribution in [-0.4, -0.2) is 29.7 Å². The van der Waals surface area contributed by atoms with Crippen LogP contribution in [-0.2, 0) is 0 Å². The van der Waals surface area contributed by atoms with Crippen molar-refractivity contribution in [1.29, 1.82) is 0 Å². The maximum Gasteiger partial charge on any atom is 0.259 e. The average molecular weight is 297 g/mol. The van der Waals surface area contributed by atoms with Gasteiger partial charge in [0.15, 0.2) is 0 Å². The van der Waals surface area contributed by atoms with Gasteiger partial charge < -0.3 is 14.8 Å². The third kappa shape index (κ3) is 2.46. The smallest absolute Gasteiger partial charge is 0.259 e. The fraction of sp³-hybridized carbons (Fsp3) is 0.125. The first-order valence-corrected chi connectivity index (χ1v) is 6.68. The number of hydrogen-bond acceptors (Lipinski definition) is 4. The number of nitrogens with zero attached hydrogens (tertiary/aromatic N) is 2. The summed E-state index contributed by atoms with van der Waals surface area (Å²) in [6.45, 7) is 0. The molecule has 0 aliphatic carbocycles. The molecule has 2 aromatic heterocycles. The summed E-state index contributed by atoms with van der Waals surface area (Å²) in [5.41, 5.74) is 1.81. The molecule has 0 radical (unpaired) electrons. The average Bonchev–Trinajstić information content (AvgIpc) is 2.99. The van der Waals surface area contributed by atoms with E-state index in [0.717, 1.165) is 5.52 Å². The van der Waals surface area contributed by atoms with Crippen LogP contribution >= 0.6 is 0 Å². The zero-order valence-corrected chi connectivity index (χ0v) is 12.2. The van der Waals surface area contributed by atoms with Crippen LogP contribution < -0.4 is 14.8 Å². The zero-order chi connectivity index (χ0) is 15.5. The molecular formula is C16H15N3O3. The summed E-state index contributed by atoms with van der Waals surface area (Å²) in [4.78, 5) is 12.5. The van der Waals surface area contributed by atoms with Gasteiger partial charge in [0.2, 0.25) is 0 Å². The van der Waals surface area contributed by atoms with Gasteiger partial charge in [-0.2, -0.15) is 5.10 Å². The Kier molecular flexibility index (Phi) is 3.65. The van der Waals surface area contributed by atoms with E-state index >= 15 is 0 Å². The van der Waals surface area contributed by atoms with Gasteiger partial charge in [-0.25, -0.2) is 4.52 Å². The molecule has 0 saturated carbocycles. The molecule has 2 heterocycles. The summed E-state index contributed by atoms with van der Waals surface area (Å²) in [5, 5.41) is 6.99. The highest BCUT2D eigenvalue weighted by Gasteiger charge is 2.14. The Hall–Kier alpha value is -3.02. The van der Waals surface area contributed by atoms with Crippen molar-refractivity contribution >= 4 is 17.1 Å². The fourth-order valence-electron chi connectivity index (χ4n) is 2.20. The van der Waals surface area contributed by atoms with Crippen LogP contribution in [0.1, 0.15) is 10.4 Å². The molecule has 0 aliphatic rings. The number of hydrogen-bond donors (Lipinski definition) is 1. The zero-order valence-electron chi connectivity index (χ0n) is 12.2. The van der Waals surface area contributed by atoms with Crippen LogP contribution in [0.5, 0.6) is 11.5 Å². The van der Waals surface area contributed by atoms with Crippen molar-refractivity contribution in [2.75, 3.05) is 19.5 Å². The molecule has 3 aromatic rings. The van der Waals surface area contributed by atoms with Gasteiger partial charge in [-0.3, -0.25) is 4.79 Å². The second-order valence-electron chi connectivity index (χ2n) is 4.61. The molecule has 1 aromatic carbocycles. The van der Waals surface area contributed by atoms with E-state index < -0.39 is 0 Å². The molecule has 1 N–H and O–H groups in total. The highest BCUT2D eigenvalue weighted by atomic mass is 16.5. The van der Waals surface area contributed by atoms with Crippen LogP contribution in [0.4, 0.5) is 5.69 Å². The summed E-state index contributed by atoms with van der Waals surface area (Å²) in [7, 11) is 3.12. The van der Waals surface area contributed by atoms with Crippen molar-refractivity contribution in [1.82, 2.24) is 9.61 Å². The first kappa shape index (κ1) is 13.9. The van der Waals surface area contributed by atoms with Gasteiger partial charge in [-0.1, -0.05) is 6.07 Å². The van der Waals surface area contributed by atoms with Crippen molar-refractivity contribution in [3.05, 3.63) is 54.4 Å². The molecule has 0 bridgehead atoms. The lowest BCUT2D eigenvalue weighted by Gasteiger charge is -2.11. The number of rotatable bonds is 4. The molecule has 0 spiro atoms. The molecule has 6 heteroatoms. The molecule has 22 heavy (non-hydrogen) atoms. The maximum absolute atomic E-state index is 12.5. The number of amides is 1. The molecule has 0 atom stereocenters. The summed E-state index contributed by atoms with van der Waals surface area (Å²) >= 11 is 0. The van der Waals surface area contributed by atoms with Gasteiger partial charge in [0.05, 0.1) is 37.2 Å². The summed E-state index contributed by atoms with van der Waals surface area (Å²) in [6, 6.07) is 10.8. The lowest BCUT2D eigenvalue weighted by atomic mass is 10.2. The Balaban J connectivity index is 1.91. The standard InChI is InChI=1S/C16H15N3O3/c1-21-11-6-7-13(15(9-11)22-2)18-16(20)12-10-17-19-8-4-3-5-14(12)19/h3-10H,1-2H3,(H,18,20). The SMILES string of the molecule is COc1ccc(NC(=O)c2cnn3ccccc23)c(OC)c1. The molecule has 6 nitrogen and oxygen atoms in total. The monoisotopic (exact) mass is 297 g/mol. The minimum atomic E-state index is -0.246. The fourth-order valence-corrected chi connectivity index (χ4v) is 2.20. The van der Waals surface area contributed by atoms with Crippen LogP contribution in [0.2, 0.25) is 0 Å². The van der Waals surface area contributed by atoms with E-state index in [4.69, 9.17) is 9.47 Å². The molecule has 112 valence electrons. The lowest BCUT2D eigenvalue weighted by Crippen LogP contribution is -2.12. The normalized spacial score (nSPS) is 10.5. The number of pyridine rings is 1. The number of carbonyl (C=O) groups excluding carboxylic acids is 1. The number of methoxy groups -OCH3 is 2. The van der Waals surface area contributed by atoms with E-state index in [0.29, 0.717) is 22.7 Å². The Labute approximate surface area is 127 Å². The number of aromatic nitrogens is 2. The Morgan fingerprint density at radius 2 is 2.05 bits per heavy atom. The van der Waals surface area contributed by atoms with Crippen LogP contribution in [0.15, 0.2) is 48.8 Å². The van der Waals surface area contributed by atoms with E-state index in [-0.39, 0.29) is 5.91 Å². The van der Waals surface area contributed by atoms with Gasteiger partial charge in [-0.05, 0) is 24.3 Å². The van der Waals surface area contributed by atoms with Gasteiger partial charge in [-0.15, -0.1) is 0 Å². The van der Waals surface area contributed by atoms with Crippen molar-refractivity contribution in [2.24, 2.45) is 0 Å². The minimum Gasteiger partial charge on any atom is -0.497 e. The lowest BCUT2D eigenvalue weighted by molar-refractivity contribution is 0.102. The first-order valence-electron chi connectivity index (χ1n) is 6.68. The van der Waals surface area contributed by atoms with Crippen molar-refractivity contribution in [3.8, 4) is 11.5 Å². The topological polar surface area (TPSA) is 64.9 Å². The largest absolute Gasteiger partial charge is 0.497 e. The van der Waals surface area contributed by atoms with Crippen LogP contribution in [0.3, 0.4) is 0 Å². The molecular weight excluding hydrogens is 282 g/mol. The quantitative estimate of drug-likeness (QED) is 0.804. The highest BCUT2D eigenvalue weighted by molar-refractivity contribution is 6.09. The van der Waals surface area contributed by atoms with Gasteiger partial charge in [0.25, 0.3) is 5.91 Å². The number of benzene rings is 1. The summed E-state index contributed by atoms with van der Waals surface area (Å²) in [6.07, 6.45) is 3.33. The predicted molar refractivity (Wildman–Crippen MR) is 82.7 cm³/mol. The van der Waals surface area contributed by atoms with Crippen molar-refractivity contribution in [3.63, 3.8) is 0 Å². The Morgan fingerprint density at radius 1 is 1.18 bits per heavy atom. The third-order valence-corrected chi connectivity index (χ3v) is 3.33. The number of carbonyl (C=O) groups is 1. The van der Waals surface area contributed by atoms with E-state index in [2.05, 4.69) is 10.4 Å². The molecule has 3 rings (SSSR count). The number of anilines is 1. The van der Waals surface area contributed by atoms with E-state index in [1.165, 1.54) is 0 Å². The second-order valence-corrected chi connectivity index (χ2v) is 4.61. The van der Waals surface area contributed by atoms with E-state index in [9.17, 15) is 4.79 Å². The molecule has 0 saturated heterocycles. The van der Waals surface area contributed by atoms with Gasteiger partial charge >= 0.3 is 0 Å². The first-order chi connectivity index (χ1) is 10.7. The summed E-state index contributed by atoms with van der Waals surface area (Å²) in [5.74, 6) is 0.944. The Morgan fingerprint density at radius 3 is 2.82 bits per heavy atom. The second kappa shape index (κ2) is 5.77. The molecule has 1 amide bonds. The number of nitrogens with one attached hydrogen (secondary N) is 1. The number of ether oxygens (including phenoxy) is 2. The molecule has 0 aliphatic heterocycles. The number of fused-ring (bicyclic) bond motifs is 1. The van der Waals surface area contributed by atoms with E-state index in [1.54, 1.807) is 49.3 Å². The predicted octanol–water partition coefficient (Wildman–Crippen LogP) is 2.60. The molecule has 0 unspecified atom stereocenters.